The fourth-order valence-corrected chi connectivity index (χ4v) is 0.950. The molecule has 0 aliphatic rings. The van der Waals surface area contributed by atoms with Crippen LogP contribution in [0.15, 0.2) is 17.0 Å². The standard InChI is InChI=1S/C8H15NO2Si/c1-8(6-9-7-10)11-4-5-12(2)3/h4-5,8,12H,6H2,1-3H3. The Balaban J connectivity index is 3.55. The van der Waals surface area contributed by atoms with E-state index in [0.29, 0.717) is 6.54 Å². The molecule has 1 unspecified atom stereocenters. The zero-order valence-corrected chi connectivity index (χ0v) is 8.93. The van der Waals surface area contributed by atoms with Crippen LogP contribution in [0, 0.1) is 0 Å². The van der Waals surface area contributed by atoms with E-state index in [1.54, 1.807) is 6.26 Å². The second-order valence-corrected chi connectivity index (χ2v) is 5.82. The molecule has 0 aromatic carbocycles. The van der Waals surface area contributed by atoms with Gasteiger partial charge in [-0.1, -0.05) is 18.8 Å². The van der Waals surface area contributed by atoms with Crippen molar-refractivity contribution in [3.63, 3.8) is 0 Å². The predicted molar refractivity (Wildman–Crippen MR) is 51.6 cm³/mol. The van der Waals surface area contributed by atoms with Gasteiger partial charge < -0.3 is 4.74 Å². The van der Waals surface area contributed by atoms with Gasteiger partial charge in [-0.15, -0.1) is 0 Å². The van der Waals surface area contributed by atoms with Crippen molar-refractivity contribution in [1.29, 1.82) is 0 Å². The van der Waals surface area contributed by atoms with Crippen molar-refractivity contribution in [2.24, 2.45) is 4.99 Å². The van der Waals surface area contributed by atoms with Crippen LogP contribution in [0.3, 0.4) is 0 Å². The summed E-state index contributed by atoms with van der Waals surface area (Å²) >= 11 is 0. The average Bonchev–Trinajstić information content (AvgIpc) is 2.00. The Morgan fingerprint density at radius 3 is 2.83 bits per heavy atom. The minimum atomic E-state index is -0.670. The Morgan fingerprint density at radius 1 is 1.67 bits per heavy atom. The normalized spacial score (nSPS) is 13.0. The van der Waals surface area contributed by atoms with Crippen LogP contribution in [0.2, 0.25) is 13.1 Å². The van der Waals surface area contributed by atoms with Crippen molar-refractivity contribution in [2.75, 3.05) is 6.54 Å². The van der Waals surface area contributed by atoms with Gasteiger partial charge in [-0.3, -0.25) is 0 Å². The summed E-state index contributed by atoms with van der Waals surface area (Å²) < 4.78 is 5.24. The van der Waals surface area contributed by atoms with E-state index in [2.05, 4.69) is 23.8 Å². The lowest BCUT2D eigenvalue weighted by Crippen LogP contribution is -2.08. The molecule has 3 nitrogen and oxygen atoms in total. The van der Waals surface area contributed by atoms with Crippen LogP contribution in [0.4, 0.5) is 0 Å². The van der Waals surface area contributed by atoms with Crippen molar-refractivity contribution in [2.45, 2.75) is 26.1 Å². The van der Waals surface area contributed by atoms with Crippen molar-refractivity contribution >= 4 is 14.9 Å². The van der Waals surface area contributed by atoms with Gasteiger partial charge in [0.1, 0.15) is 6.10 Å². The summed E-state index contributed by atoms with van der Waals surface area (Å²) in [6, 6.07) is 0. The van der Waals surface area contributed by atoms with Gasteiger partial charge in [0.15, 0.2) is 0 Å². The first-order valence-electron chi connectivity index (χ1n) is 4.02. The first-order valence-corrected chi connectivity index (χ1v) is 7.00. The van der Waals surface area contributed by atoms with Crippen LogP contribution in [0.1, 0.15) is 6.92 Å². The second kappa shape index (κ2) is 6.82. The highest BCUT2D eigenvalue weighted by Crippen LogP contribution is 1.93. The van der Waals surface area contributed by atoms with E-state index in [4.69, 9.17) is 4.74 Å². The molecule has 0 amide bonds. The van der Waals surface area contributed by atoms with E-state index in [-0.39, 0.29) is 6.10 Å². The molecular weight excluding hydrogens is 170 g/mol. The van der Waals surface area contributed by atoms with Crippen LogP contribution in [0.5, 0.6) is 0 Å². The van der Waals surface area contributed by atoms with Gasteiger partial charge in [-0.2, -0.15) is 0 Å². The zero-order chi connectivity index (χ0) is 9.40. The van der Waals surface area contributed by atoms with Crippen molar-refractivity contribution < 1.29 is 9.53 Å². The third kappa shape index (κ3) is 7.25. The van der Waals surface area contributed by atoms with E-state index in [0.717, 1.165) is 0 Å². The minimum Gasteiger partial charge on any atom is -0.497 e. The second-order valence-electron chi connectivity index (χ2n) is 2.95. The molecule has 0 radical (unpaired) electrons. The Hall–Kier alpha value is -0.863. The maximum Gasteiger partial charge on any atom is 0.235 e. The molecule has 4 heteroatoms. The molecule has 0 aliphatic carbocycles. The van der Waals surface area contributed by atoms with E-state index < -0.39 is 8.80 Å². The summed E-state index contributed by atoms with van der Waals surface area (Å²) in [5.74, 6) is 0. The van der Waals surface area contributed by atoms with Gasteiger partial charge in [-0.25, -0.2) is 9.79 Å². The van der Waals surface area contributed by atoms with Crippen LogP contribution in [0.25, 0.3) is 0 Å². The van der Waals surface area contributed by atoms with Gasteiger partial charge in [-0.05, 0) is 6.92 Å². The van der Waals surface area contributed by atoms with Gasteiger partial charge in [0.05, 0.1) is 21.6 Å². The number of isocyanates is 1. The molecule has 0 N–H and O–H groups in total. The molecule has 68 valence electrons. The Kier molecular flexibility index (Phi) is 6.33. The number of carbonyl (C=O) groups excluding carboxylic acids is 1. The smallest absolute Gasteiger partial charge is 0.235 e. The maximum atomic E-state index is 9.73. The summed E-state index contributed by atoms with van der Waals surface area (Å²) in [6.07, 6.45) is 3.16. The SMILES string of the molecule is CC(CN=C=O)OC=C[SiH](C)C. The lowest BCUT2D eigenvalue weighted by atomic mass is 10.4. The van der Waals surface area contributed by atoms with Crippen molar-refractivity contribution in [3.05, 3.63) is 12.0 Å². The molecule has 0 saturated heterocycles. The third-order valence-electron chi connectivity index (χ3n) is 1.19. The molecule has 0 bridgehead atoms. The van der Waals surface area contributed by atoms with Gasteiger partial charge in [0, 0.05) is 0 Å². The highest BCUT2D eigenvalue weighted by atomic mass is 28.3. The van der Waals surface area contributed by atoms with E-state index in [1.807, 2.05) is 6.92 Å². The largest absolute Gasteiger partial charge is 0.497 e. The Morgan fingerprint density at radius 2 is 2.33 bits per heavy atom. The van der Waals surface area contributed by atoms with Crippen LogP contribution in [-0.4, -0.2) is 27.5 Å². The monoisotopic (exact) mass is 185 g/mol. The maximum absolute atomic E-state index is 9.73. The number of hydrogen-bond acceptors (Lipinski definition) is 3. The fraction of sp³-hybridized carbons (Fsp3) is 0.625. The minimum absolute atomic E-state index is 0.0320. The number of hydrogen-bond donors (Lipinski definition) is 0. The van der Waals surface area contributed by atoms with E-state index in [1.165, 1.54) is 6.08 Å². The fourth-order valence-electron chi connectivity index (χ4n) is 0.545. The molecule has 0 aliphatic heterocycles. The first-order chi connectivity index (χ1) is 5.66. The van der Waals surface area contributed by atoms with Crippen LogP contribution in [-0.2, 0) is 9.53 Å². The number of aliphatic imine (C=N–C) groups is 1. The van der Waals surface area contributed by atoms with E-state index in [9.17, 15) is 4.79 Å². The summed E-state index contributed by atoms with van der Waals surface area (Å²) in [4.78, 5) is 13.1. The molecule has 0 rings (SSSR count). The topological polar surface area (TPSA) is 38.7 Å². The van der Waals surface area contributed by atoms with E-state index >= 15 is 0 Å². The molecule has 1 atom stereocenters. The van der Waals surface area contributed by atoms with Gasteiger partial charge in [0.2, 0.25) is 6.08 Å². The number of nitrogens with zero attached hydrogens (tertiary/aromatic N) is 1. The van der Waals surface area contributed by atoms with Crippen LogP contribution >= 0.6 is 0 Å². The molecule has 0 saturated carbocycles. The van der Waals surface area contributed by atoms with Crippen molar-refractivity contribution in [3.8, 4) is 0 Å². The Labute approximate surface area is 74.8 Å². The van der Waals surface area contributed by atoms with Gasteiger partial charge in [0.25, 0.3) is 0 Å². The lowest BCUT2D eigenvalue weighted by Gasteiger charge is -2.06. The quantitative estimate of drug-likeness (QED) is 0.280. The Bertz CT molecular complexity index is 185. The first kappa shape index (κ1) is 11.1. The summed E-state index contributed by atoms with van der Waals surface area (Å²) in [7, 11) is -0.670. The average molecular weight is 185 g/mol. The third-order valence-corrected chi connectivity index (χ3v) is 2.11. The molecule has 0 fully saturated rings. The predicted octanol–water partition coefficient (Wildman–Crippen LogP) is 1.27. The lowest BCUT2D eigenvalue weighted by molar-refractivity contribution is 0.170. The molecular formula is C8H15NO2Si. The zero-order valence-electron chi connectivity index (χ0n) is 7.78. The molecule has 0 spiro atoms. The van der Waals surface area contributed by atoms with Gasteiger partial charge >= 0.3 is 0 Å². The number of ether oxygens (including phenoxy) is 1. The van der Waals surface area contributed by atoms with Crippen molar-refractivity contribution in [1.82, 2.24) is 0 Å². The molecule has 12 heavy (non-hydrogen) atoms. The summed E-state index contributed by atoms with van der Waals surface area (Å²) in [6.45, 7) is 6.66. The summed E-state index contributed by atoms with van der Waals surface area (Å²) in [5, 5.41) is 0. The number of rotatable bonds is 5. The molecule has 0 heterocycles. The summed E-state index contributed by atoms with van der Waals surface area (Å²) in [5.41, 5.74) is 2.08. The highest BCUT2D eigenvalue weighted by Gasteiger charge is 1.96. The van der Waals surface area contributed by atoms with Crippen LogP contribution < -0.4 is 0 Å². The molecule has 0 aromatic rings. The highest BCUT2D eigenvalue weighted by molar-refractivity contribution is 6.61. The molecule has 0 aromatic heterocycles.